The monoisotopic (exact) mass is 194 g/mol. The van der Waals surface area contributed by atoms with Crippen LogP contribution in [0, 0.1) is 6.92 Å². The minimum atomic E-state index is 0.687. The van der Waals surface area contributed by atoms with E-state index in [-0.39, 0.29) is 0 Å². The SMILES string of the molecule is Cc1nc(Cn2cc(N)cn2)cs1. The van der Waals surface area contributed by atoms with Crippen LogP contribution in [-0.2, 0) is 6.54 Å². The first kappa shape index (κ1) is 8.25. The second-order valence-corrected chi connectivity index (χ2v) is 3.89. The molecule has 0 radical (unpaired) electrons. The molecule has 0 amide bonds. The number of nitrogens with two attached hydrogens (primary N) is 1. The maximum absolute atomic E-state index is 5.54. The van der Waals surface area contributed by atoms with Gasteiger partial charge in [-0.3, -0.25) is 4.68 Å². The Balaban J connectivity index is 2.14. The molecule has 68 valence electrons. The van der Waals surface area contributed by atoms with Gasteiger partial charge >= 0.3 is 0 Å². The number of hydrogen-bond donors (Lipinski definition) is 1. The molecule has 0 spiro atoms. The van der Waals surface area contributed by atoms with Crippen molar-refractivity contribution in [3.8, 4) is 0 Å². The zero-order valence-electron chi connectivity index (χ0n) is 7.27. The van der Waals surface area contributed by atoms with E-state index in [2.05, 4.69) is 10.1 Å². The van der Waals surface area contributed by atoms with E-state index in [0.29, 0.717) is 12.2 Å². The first-order chi connectivity index (χ1) is 6.24. The van der Waals surface area contributed by atoms with Gasteiger partial charge in [-0.05, 0) is 6.92 Å². The van der Waals surface area contributed by atoms with E-state index < -0.39 is 0 Å². The Bertz CT molecular complexity index is 365. The van der Waals surface area contributed by atoms with Gasteiger partial charge in [0, 0.05) is 11.6 Å². The minimum Gasteiger partial charge on any atom is -0.396 e. The zero-order valence-corrected chi connectivity index (χ0v) is 8.08. The molecule has 4 nitrogen and oxygen atoms in total. The van der Waals surface area contributed by atoms with Crippen molar-refractivity contribution in [2.45, 2.75) is 13.5 Å². The highest BCUT2D eigenvalue weighted by Gasteiger charge is 2.00. The summed E-state index contributed by atoms with van der Waals surface area (Å²) in [5.41, 5.74) is 7.26. The number of nitrogens with zero attached hydrogens (tertiary/aromatic N) is 3. The van der Waals surface area contributed by atoms with Crippen molar-refractivity contribution in [2.24, 2.45) is 0 Å². The van der Waals surface area contributed by atoms with Crippen LogP contribution in [0.5, 0.6) is 0 Å². The summed E-state index contributed by atoms with van der Waals surface area (Å²) in [6.45, 7) is 2.69. The lowest BCUT2D eigenvalue weighted by atomic mass is 10.5. The average Bonchev–Trinajstić information content (AvgIpc) is 2.62. The smallest absolute Gasteiger partial charge is 0.0898 e. The molecule has 0 atom stereocenters. The Labute approximate surface area is 80.0 Å². The van der Waals surface area contributed by atoms with E-state index >= 15 is 0 Å². The minimum absolute atomic E-state index is 0.687. The highest BCUT2D eigenvalue weighted by molar-refractivity contribution is 7.09. The molecule has 13 heavy (non-hydrogen) atoms. The molecule has 2 N–H and O–H groups in total. The van der Waals surface area contributed by atoms with Crippen molar-refractivity contribution < 1.29 is 0 Å². The lowest BCUT2D eigenvalue weighted by Crippen LogP contribution is -1.99. The van der Waals surface area contributed by atoms with Gasteiger partial charge in [-0.1, -0.05) is 0 Å². The van der Waals surface area contributed by atoms with E-state index in [4.69, 9.17) is 5.73 Å². The zero-order chi connectivity index (χ0) is 9.26. The molecule has 0 aliphatic carbocycles. The van der Waals surface area contributed by atoms with Crippen molar-refractivity contribution in [3.05, 3.63) is 28.5 Å². The lowest BCUT2D eigenvalue weighted by molar-refractivity contribution is 0.675. The van der Waals surface area contributed by atoms with Gasteiger partial charge in [0.25, 0.3) is 0 Å². The second-order valence-electron chi connectivity index (χ2n) is 2.83. The fourth-order valence-electron chi connectivity index (χ4n) is 1.11. The van der Waals surface area contributed by atoms with E-state index in [1.165, 1.54) is 0 Å². The Morgan fingerprint density at radius 2 is 2.46 bits per heavy atom. The van der Waals surface area contributed by atoms with Crippen LogP contribution in [0.1, 0.15) is 10.7 Å². The normalized spacial score (nSPS) is 10.5. The van der Waals surface area contributed by atoms with Crippen molar-refractivity contribution in [1.29, 1.82) is 0 Å². The van der Waals surface area contributed by atoms with E-state index in [0.717, 1.165) is 10.7 Å². The van der Waals surface area contributed by atoms with E-state index in [9.17, 15) is 0 Å². The van der Waals surface area contributed by atoms with Gasteiger partial charge < -0.3 is 5.73 Å². The fraction of sp³-hybridized carbons (Fsp3) is 0.250. The third-order valence-electron chi connectivity index (χ3n) is 1.64. The number of thiazole rings is 1. The van der Waals surface area contributed by atoms with Crippen molar-refractivity contribution in [3.63, 3.8) is 0 Å². The highest BCUT2D eigenvalue weighted by Crippen LogP contribution is 2.09. The molecule has 0 unspecified atom stereocenters. The molecule has 0 bridgehead atoms. The fourth-order valence-corrected chi connectivity index (χ4v) is 1.72. The highest BCUT2D eigenvalue weighted by atomic mass is 32.1. The first-order valence-corrected chi connectivity index (χ1v) is 4.81. The summed E-state index contributed by atoms with van der Waals surface area (Å²) >= 11 is 1.65. The molecule has 0 aliphatic rings. The number of rotatable bonds is 2. The van der Waals surface area contributed by atoms with Crippen LogP contribution in [0.3, 0.4) is 0 Å². The standard InChI is InChI=1S/C8H10N4S/c1-6-11-8(5-13-6)4-12-3-7(9)2-10-12/h2-3,5H,4,9H2,1H3. The summed E-state index contributed by atoms with van der Waals surface area (Å²) in [6, 6.07) is 0. The molecule has 2 aromatic heterocycles. The number of anilines is 1. The van der Waals surface area contributed by atoms with Crippen molar-refractivity contribution in [2.75, 3.05) is 5.73 Å². The summed E-state index contributed by atoms with van der Waals surface area (Å²) in [5, 5.41) is 7.19. The molecular formula is C8H10N4S. The van der Waals surface area contributed by atoms with E-state index in [1.54, 1.807) is 28.4 Å². The van der Waals surface area contributed by atoms with Crippen LogP contribution in [0.4, 0.5) is 5.69 Å². The van der Waals surface area contributed by atoms with Gasteiger partial charge in [0.05, 0.1) is 29.1 Å². The topological polar surface area (TPSA) is 56.7 Å². The molecule has 0 aliphatic heterocycles. The molecule has 2 rings (SSSR count). The molecule has 2 aromatic rings. The number of hydrogen-bond acceptors (Lipinski definition) is 4. The quantitative estimate of drug-likeness (QED) is 0.783. The van der Waals surface area contributed by atoms with Gasteiger partial charge in [0.15, 0.2) is 0 Å². The van der Waals surface area contributed by atoms with Gasteiger partial charge in [-0.2, -0.15) is 5.10 Å². The van der Waals surface area contributed by atoms with Gasteiger partial charge in [-0.25, -0.2) is 4.98 Å². The number of aromatic nitrogens is 3. The Kier molecular flexibility index (Phi) is 2.02. The molecular weight excluding hydrogens is 184 g/mol. The van der Waals surface area contributed by atoms with Gasteiger partial charge in [0.1, 0.15) is 0 Å². The summed E-state index contributed by atoms with van der Waals surface area (Å²) in [6.07, 6.45) is 3.44. The van der Waals surface area contributed by atoms with Crippen LogP contribution < -0.4 is 5.73 Å². The first-order valence-electron chi connectivity index (χ1n) is 3.93. The van der Waals surface area contributed by atoms with Gasteiger partial charge in [-0.15, -0.1) is 11.3 Å². The summed E-state index contributed by atoms with van der Waals surface area (Å²) in [5.74, 6) is 0. The molecule has 0 aromatic carbocycles. The Hall–Kier alpha value is -1.36. The summed E-state index contributed by atoms with van der Waals surface area (Å²) in [7, 11) is 0. The second kappa shape index (κ2) is 3.18. The lowest BCUT2D eigenvalue weighted by Gasteiger charge is -1.95. The van der Waals surface area contributed by atoms with Crippen LogP contribution >= 0.6 is 11.3 Å². The molecule has 0 saturated heterocycles. The van der Waals surface area contributed by atoms with Crippen LogP contribution in [0.25, 0.3) is 0 Å². The molecule has 0 saturated carbocycles. The predicted molar refractivity (Wildman–Crippen MR) is 52.6 cm³/mol. The third kappa shape index (κ3) is 1.86. The van der Waals surface area contributed by atoms with Crippen LogP contribution in [-0.4, -0.2) is 14.8 Å². The third-order valence-corrected chi connectivity index (χ3v) is 2.47. The Morgan fingerprint density at radius 1 is 1.62 bits per heavy atom. The average molecular weight is 194 g/mol. The molecule has 5 heteroatoms. The number of nitrogen functional groups attached to an aromatic ring is 1. The van der Waals surface area contributed by atoms with Crippen molar-refractivity contribution >= 4 is 17.0 Å². The maximum Gasteiger partial charge on any atom is 0.0898 e. The molecule has 2 heterocycles. The summed E-state index contributed by atoms with van der Waals surface area (Å²) < 4.78 is 1.78. The van der Waals surface area contributed by atoms with Crippen molar-refractivity contribution in [1.82, 2.24) is 14.8 Å². The number of aryl methyl sites for hydroxylation is 1. The summed E-state index contributed by atoms with van der Waals surface area (Å²) in [4.78, 5) is 4.33. The largest absolute Gasteiger partial charge is 0.396 e. The van der Waals surface area contributed by atoms with Crippen LogP contribution in [0.15, 0.2) is 17.8 Å². The predicted octanol–water partition coefficient (Wildman–Crippen LogP) is 1.28. The van der Waals surface area contributed by atoms with Crippen LogP contribution in [0.2, 0.25) is 0 Å². The maximum atomic E-state index is 5.54. The Morgan fingerprint density at radius 3 is 3.00 bits per heavy atom. The van der Waals surface area contributed by atoms with E-state index in [1.807, 2.05) is 12.3 Å². The molecule has 0 fully saturated rings. The van der Waals surface area contributed by atoms with Gasteiger partial charge in [0.2, 0.25) is 0 Å².